The first kappa shape index (κ1) is 15.7. The van der Waals surface area contributed by atoms with Crippen LogP contribution in [0, 0.1) is 11.2 Å². The summed E-state index contributed by atoms with van der Waals surface area (Å²) in [6.07, 6.45) is 4.30. The molecule has 2 rings (SSSR count). The van der Waals surface area contributed by atoms with Crippen molar-refractivity contribution in [2.45, 2.75) is 45.1 Å². The molecule has 1 aromatic rings. The molecule has 0 saturated heterocycles. The van der Waals surface area contributed by atoms with Crippen molar-refractivity contribution < 1.29 is 19.4 Å². The first-order valence-electron chi connectivity index (χ1n) is 7.07. The average Bonchev–Trinajstić information content (AvgIpc) is 2.41. The Morgan fingerprint density at radius 2 is 2.00 bits per heavy atom. The van der Waals surface area contributed by atoms with Gasteiger partial charge in [0.25, 0.3) is 0 Å². The van der Waals surface area contributed by atoms with E-state index in [4.69, 9.17) is 5.11 Å². The normalized spacial score (nSPS) is 20.0. The highest BCUT2D eigenvalue weighted by Gasteiger charge is 2.36. The third-order valence-electron chi connectivity index (χ3n) is 4.24. The van der Waals surface area contributed by atoms with E-state index in [1.807, 2.05) is 0 Å². The lowest BCUT2D eigenvalue weighted by Gasteiger charge is -2.40. The van der Waals surface area contributed by atoms with Gasteiger partial charge in [-0.15, -0.1) is 0 Å². The van der Waals surface area contributed by atoms with Crippen LogP contribution in [0.1, 0.15) is 49.9 Å². The van der Waals surface area contributed by atoms with Crippen molar-refractivity contribution in [1.29, 1.82) is 0 Å². The van der Waals surface area contributed by atoms with Crippen molar-refractivity contribution in [3.05, 3.63) is 23.6 Å². The quantitative estimate of drug-likeness (QED) is 0.795. The third-order valence-corrected chi connectivity index (χ3v) is 4.24. The van der Waals surface area contributed by atoms with E-state index in [0.717, 1.165) is 18.9 Å². The number of rotatable bonds is 4. The topological polar surface area (TPSA) is 82.5 Å². The lowest BCUT2D eigenvalue weighted by atomic mass is 9.71. The van der Waals surface area contributed by atoms with Gasteiger partial charge in [-0.25, -0.2) is 14.2 Å². The number of nitrogens with zero attached hydrogens (tertiary/aromatic N) is 1. The SMILES string of the molecule is CC1(C)CCC(O)(CNc2nccc(C(=O)O)c2F)CC1. The van der Waals surface area contributed by atoms with Gasteiger partial charge < -0.3 is 15.5 Å². The maximum Gasteiger partial charge on any atom is 0.338 e. The van der Waals surface area contributed by atoms with Crippen LogP contribution in [0.5, 0.6) is 0 Å². The van der Waals surface area contributed by atoms with Crippen molar-refractivity contribution in [1.82, 2.24) is 4.98 Å². The number of carboxylic acids is 1. The van der Waals surface area contributed by atoms with Gasteiger partial charge in [0.05, 0.1) is 5.60 Å². The van der Waals surface area contributed by atoms with E-state index in [0.29, 0.717) is 12.8 Å². The van der Waals surface area contributed by atoms with Crippen LogP contribution in [0.4, 0.5) is 10.2 Å². The number of anilines is 1. The molecule has 0 aromatic carbocycles. The Balaban J connectivity index is 2.04. The number of aliphatic hydroxyl groups is 1. The molecular formula is C15H21FN2O3. The molecule has 1 fully saturated rings. The van der Waals surface area contributed by atoms with E-state index >= 15 is 0 Å². The second-order valence-electron chi connectivity index (χ2n) is 6.57. The monoisotopic (exact) mass is 296 g/mol. The standard InChI is InChI=1S/C15H21FN2O3/c1-14(2)4-6-15(21,7-5-14)9-18-12-11(16)10(13(19)20)3-8-17-12/h3,8,21H,4-7,9H2,1-2H3,(H,17,18)(H,19,20). The fourth-order valence-electron chi connectivity index (χ4n) is 2.55. The minimum absolute atomic E-state index is 0.131. The van der Waals surface area contributed by atoms with Crippen LogP contribution < -0.4 is 5.32 Å². The Morgan fingerprint density at radius 1 is 1.38 bits per heavy atom. The van der Waals surface area contributed by atoms with E-state index in [9.17, 15) is 14.3 Å². The zero-order valence-corrected chi connectivity index (χ0v) is 12.3. The minimum atomic E-state index is -1.34. The lowest BCUT2D eigenvalue weighted by Crippen LogP contribution is -2.42. The van der Waals surface area contributed by atoms with E-state index in [1.54, 1.807) is 0 Å². The second-order valence-corrected chi connectivity index (χ2v) is 6.57. The number of pyridine rings is 1. The van der Waals surface area contributed by atoms with E-state index in [-0.39, 0.29) is 17.8 Å². The fourth-order valence-corrected chi connectivity index (χ4v) is 2.55. The van der Waals surface area contributed by atoms with Gasteiger partial charge in [0, 0.05) is 12.7 Å². The van der Waals surface area contributed by atoms with Gasteiger partial charge in [-0.05, 0) is 37.2 Å². The van der Waals surface area contributed by atoms with Crippen molar-refractivity contribution in [2.75, 3.05) is 11.9 Å². The molecule has 0 bridgehead atoms. The number of carbonyl (C=O) groups is 1. The third kappa shape index (κ3) is 3.69. The number of aromatic nitrogens is 1. The molecule has 6 heteroatoms. The van der Waals surface area contributed by atoms with Crippen LogP contribution in [-0.4, -0.2) is 33.3 Å². The maximum absolute atomic E-state index is 13.9. The molecule has 1 heterocycles. The van der Waals surface area contributed by atoms with Crippen LogP contribution in [0.3, 0.4) is 0 Å². The molecule has 1 saturated carbocycles. The molecule has 0 unspecified atom stereocenters. The largest absolute Gasteiger partial charge is 0.478 e. The number of aromatic carboxylic acids is 1. The molecule has 1 aromatic heterocycles. The molecule has 0 aliphatic heterocycles. The second kappa shape index (κ2) is 5.60. The van der Waals surface area contributed by atoms with Crippen molar-refractivity contribution in [2.24, 2.45) is 5.41 Å². The molecule has 0 atom stereocenters. The Kier molecular flexibility index (Phi) is 4.18. The summed E-state index contributed by atoms with van der Waals surface area (Å²) in [4.78, 5) is 14.7. The van der Waals surface area contributed by atoms with Gasteiger partial charge >= 0.3 is 5.97 Å². The molecule has 0 spiro atoms. The molecule has 1 aliphatic carbocycles. The van der Waals surface area contributed by atoms with E-state index in [1.165, 1.54) is 6.20 Å². The highest BCUT2D eigenvalue weighted by Crippen LogP contribution is 2.40. The average molecular weight is 296 g/mol. The summed E-state index contributed by atoms with van der Waals surface area (Å²) in [5, 5.41) is 22.1. The van der Waals surface area contributed by atoms with Gasteiger partial charge in [-0.1, -0.05) is 13.8 Å². The smallest absolute Gasteiger partial charge is 0.338 e. The number of hydrogen-bond acceptors (Lipinski definition) is 4. The Morgan fingerprint density at radius 3 is 2.57 bits per heavy atom. The molecule has 0 radical (unpaired) electrons. The Bertz CT molecular complexity index is 536. The fraction of sp³-hybridized carbons (Fsp3) is 0.600. The predicted octanol–water partition coefficient (Wildman–Crippen LogP) is 2.66. The minimum Gasteiger partial charge on any atom is -0.478 e. The zero-order valence-electron chi connectivity index (χ0n) is 12.3. The van der Waals surface area contributed by atoms with Gasteiger partial charge in [-0.3, -0.25) is 0 Å². The number of halogens is 1. The van der Waals surface area contributed by atoms with Gasteiger partial charge in [0.2, 0.25) is 0 Å². The number of carboxylic acid groups (broad SMARTS) is 1. The lowest BCUT2D eigenvalue weighted by molar-refractivity contribution is -0.0146. The summed E-state index contributed by atoms with van der Waals surface area (Å²) in [5.74, 6) is -2.37. The summed E-state index contributed by atoms with van der Waals surface area (Å²) >= 11 is 0. The van der Waals surface area contributed by atoms with Crippen molar-refractivity contribution in [3.8, 4) is 0 Å². The van der Waals surface area contributed by atoms with Crippen LogP contribution in [0.25, 0.3) is 0 Å². The van der Waals surface area contributed by atoms with Gasteiger partial charge in [0.1, 0.15) is 5.56 Å². The Labute approximate surface area is 123 Å². The van der Waals surface area contributed by atoms with E-state index < -0.39 is 23.0 Å². The molecule has 21 heavy (non-hydrogen) atoms. The molecule has 0 amide bonds. The van der Waals surface area contributed by atoms with Crippen molar-refractivity contribution >= 4 is 11.8 Å². The van der Waals surface area contributed by atoms with Gasteiger partial charge in [0.15, 0.2) is 11.6 Å². The highest BCUT2D eigenvalue weighted by atomic mass is 19.1. The molecule has 3 N–H and O–H groups in total. The van der Waals surface area contributed by atoms with Crippen LogP contribution in [-0.2, 0) is 0 Å². The summed E-state index contributed by atoms with van der Waals surface area (Å²) in [5.41, 5.74) is -1.11. The summed E-state index contributed by atoms with van der Waals surface area (Å²) in [6.45, 7) is 4.49. The number of nitrogens with one attached hydrogen (secondary N) is 1. The van der Waals surface area contributed by atoms with Crippen LogP contribution >= 0.6 is 0 Å². The molecule has 5 nitrogen and oxygen atoms in total. The summed E-state index contributed by atoms with van der Waals surface area (Å²) in [6, 6.07) is 1.11. The molecule has 116 valence electrons. The maximum atomic E-state index is 13.9. The first-order valence-corrected chi connectivity index (χ1v) is 7.07. The summed E-state index contributed by atoms with van der Waals surface area (Å²) < 4.78 is 13.9. The first-order chi connectivity index (χ1) is 9.72. The van der Waals surface area contributed by atoms with Crippen molar-refractivity contribution in [3.63, 3.8) is 0 Å². The summed E-state index contributed by atoms with van der Waals surface area (Å²) in [7, 11) is 0. The van der Waals surface area contributed by atoms with Gasteiger partial charge in [-0.2, -0.15) is 0 Å². The molecular weight excluding hydrogens is 275 g/mol. The van der Waals surface area contributed by atoms with Crippen LogP contribution in [0.2, 0.25) is 0 Å². The molecule has 1 aliphatic rings. The highest BCUT2D eigenvalue weighted by molar-refractivity contribution is 5.88. The zero-order chi connectivity index (χ0) is 15.7. The predicted molar refractivity (Wildman–Crippen MR) is 76.8 cm³/mol. The van der Waals surface area contributed by atoms with Crippen LogP contribution in [0.15, 0.2) is 12.3 Å². The van der Waals surface area contributed by atoms with E-state index in [2.05, 4.69) is 24.1 Å². The number of hydrogen-bond donors (Lipinski definition) is 3. The Hall–Kier alpha value is -1.69.